The molecule has 2 heterocycles. The van der Waals surface area contributed by atoms with Gasteiger partial charge < -0.3 is 4.90 Å². The predicted octanol–water partition coefficient (Wildman–Crippen LogP) is 2.99. The summed E-state index contributed by atoms with van der Waals surface area (Å²) >= 11 is 3.42. The second-order valence-electron chi connectivity index (χ2n) is 7.06. The number of amides is 1. The summed E-state index contributed by atoms with van der Waals surface area (Å²) in [7, 11) is -3.62. The van der Waals surface area contributed by atoms with Crippen molar-refractivity contribution in [2.75, 3.05) is 13.1 Å². The SMILES string of the molecule is C[C@@H](C1CC1)N1Cc2cc(Br)cc(S(=O)(=O)N3CCCC3)c2C1=O. The Balaban J connectivity index is 1.77. The van der Waals surface area contributed by atoms with E-state index in [1.54, 1.807) is 6.07 Å². The zero-order chi connectivity index (χ0) is 17.1. The minimum absolute atomic E-state index is 0.130. The van der Waals surface area contributed by atoms with Crippen LogP contribution < -0.4 is 0 Å². The van der Waals surface area contributed by atoms with Gasteiger partial charge in [0.15, 0.2) is 0 Å². The van der Waals surface area contributed by atoms with E-state index in [1.807, 2.05) is 11.0 Å². The van der Waals surface area contributed by atoms with Crippen LogP contribution in [0.3, 0.4) is 0 Å². The summed E-state index contributed by atoms with van der Waals surface area (Å²) in [5.41, 5.74) is 1.21. The van der Waals surface area contributed by atoms with Crippen LogP contribution in [0, 0.1) is 5.92 Å². The average Bonchev–Trinajstić information content (AvgIpc) is 3.12. The second-order valence-corrected chi connectivity index (χ2v) is 9.88. The van der Waals surface area contributed by atoms with Crippen LogP contribution in [0.15, 0.2) is 21.5 Å². The first-order chi connectivity index (χ1) is 11.4. The van der Waals surface area contributed by atoms with Crippen LogP contribution in [0.2, 0.25) is 0 Å². The lowest BCUT2D eigenvalue weighted by Gasteiger charge is -2.24. The van der Waals surface area contributed by atoms with Crippen molar-refractivity contribution < 1.29 is 13.2 Å². The first-order valence-corrected chi connectivity index (χ1v) is 10.8. The third-order valence-corrected chi connectivity index (χ3v) is 7.82. The number of carbonyl (C=O) groups is 1. The Morgan fingerprint density at radius 2 is 1.88 bits per heavy atom. The van der Waals surface area contributed by atoms with Gasteiger partial charge in [-0.3, -0.25) is 4.79 Å². The van der Waals surface area contributed by atoms with E-state index in [-0.39, 0.29) is 16.8 Å². The third-order valence-electron chi connectivity index (χ3n) is 5.44. The molecule has 1 saturated heterocycles. The molecule has 1 aromatic carbocycles. The number of benzene rings is 1. The number of carbonyl (C=O) groups excluding carboxylic acids is 1. The fourth-order valence-corrected chi connectivity index (χ4v) is 6.26. The quantitative estimate of drug-likeness (QED) is 0.763. The minimum atomic E-state index is -3.62. The molecule has 7 heteroatoms. The van der Waals surface area contributed by atoms with Gasteiger partial charge in [-0.1, -0.05) is 15.9 Å². The van der Waals surface area contributed by atoms with Crippen molar-refractivity contribution in [1.82, 2.24) is 9.21 Å². The lowest BCUT2D eigenvalue weighted by Crippen LogP contribution is -2.35. The van der Waals surface area contributed by atoms with Crippen LogP contribution in [-0.4, -0.2) is 42.7 Å². The van der Waals surface area contributed by atoms with Gasteiger partial charge in [-0.25, -0.2) is 8.42 Å². The van der Waals surface area contributed by atoms with Gasteiger partial charge in [0.25, 0.3) is 5.91 Å². The highest BCUT2D eigenvalue weighted by Gasteiger charge is 2.42. The maximum Gasteiger partial charge on any atom is 0.256 e. The van der Waals surface area contributed by atoms with Crippen molar-refractivity contribution in [3.8, 4) is 0 Å². The van der Waals surface area contributed by atoms with Crippen molar-refractivity contribution in [2.24, 2.45) is 5.92 Å². The number of hydrogen-bond acceptors (Lipinski definition) is 3. The van der Waals surface area contributed by atoms with Gasteiger partial charge in [0, 0.05) is 30.1 Å². The number of sulfonamides is 1. The van der Waals surface area contributed by atoms with Gasteiger partial charge >= 0.3 is 0 Å². The molecule has 1 aliphatic carbocycles. The molecule has 0 bridgehead atoms. The van der Waals surface area contributed by atoms with Crippen molar-refractivity contribution in [2.45, 2.75) is 50.1 Å². The van der Waals surface area contributed by atoms with Crippen LogP contribution in [0.4, 0.5) is 0 Å². The average molecular weight is 413 g/mol. The molecule has 5 nitrogen and oxygen atoms in total. The Bertz CT molecular complexity index is 798. The van der Waals surface area contributed by atoms with E-state index in [9.17, 15) is 13.2 Å². The molecule has 4 rings (SSSR count). The molecule has 0 unspecified atom stereocenters. The highest BCUT2D eigenvalue weighted by Crippen LogP contribution is 2.40. The molecule has 130 valence electrons. The molecular weight excluding hydrogens is 392 g/mol. The number of halogens is 1. The number of nitrogens with zero attached hydrogens (tertiary/aromatic N) is 2. The van der Waals surface area contributed by atoms with Crippen LogP contribution >= 0.6 is 15.9 Å². The maximum atomic E-state index is 13.0. The van der Waals surface area contributed by atoms with E-state index in [0.717, 1.165) is 31.2 Å². The first kappa shape index (κ1) is 16.5. The Hall–Kier alpha value is -0.920. The molecule has 1 amide bonds. The molecule has 1 saturated carbocycles. The van der Waals surface area contributed by atoms with Gasteiger partial charge in [-0.15, -0.1) is 0 Å². The fourth-order valence-electron chi connectivity index (χ4n) is 3.84. The van der Waals surface area contributed by atoms with Gasteiger partial charge in [0.05, 0.1) is 10.5 Å². The zero-order valence-electron chi connectivity index (χ0n) is 13.7. The lowest BCUT2D eigenvalue weighted by atomic mass is 10.1. The second kappa shape index (κ2) is 5.81. The van der Waals surface area contributed by atoms with E-state index in [2.05, 4.69) is 22.9 Å². The van der Waals surface area contributed by atoms with Crippen molar-refractivity contribution >= 4 is 31.9 Å². The zero-order valence-corrected chi connectivity index (χ0v) is 16.1. The normalized spacial score (nSPS) is 22.9. The van der Waals surface area contributed by atoms with Crippen LogP contribution in [-0.2, 0) is 16.6 Å². The molecule has 0 spiro atoms. The fraction of sp³-hybridized carbons (Fsp3) is 0.588. The van der Waals surface area contributed by atoms with E-state index in [4.69, 9.17) is 0 Å². The Morgan fingerprint density at radius 3 is 2.50 bits per heavy atom. The van der Waals surface area contributed by atoms with Gasteiger partial charge in [-0.05, 0) is 56.2 Å². The van der Waals surface area contributed by atoms with Crippen molar-refractivity contribution in [1.29, 1.82) is 0 Å². The molecule has 24 heavy (non-hydrogen) atoms. The van der Waals surface area contributed by atoms with Crippen molar-refractivity contribution in [3.63, 3.8) is 0 Å². The third kappa shape index (κ3) is 2.61. The number of rotatable bonds is 4. The number of hydrogen-bond donors (Lipinski definition) is 0. The van der Waals surface area contributed by atoms with Crippen LogP contribution in [0.1, 0.15) is 48.5 Å². The van der Waals surface area contributed by atoms with Crippen molar-refractivity contribution in [3.05, 3.63) is 27.7 Å². The summed E-state index contributed by atoms with van der Waals surface area (Å²) in [6.45, 7) is 3.67. The first-order valence-electron chi connectivity index (χ1n) is 8.53. The summed E-state index contributed by atoms with van der Waals surface area (Å²) in [6.07, 6.45) is 4.08. The van der Waals surface area contributed by atoms with E-state index < -0.39 is 10.0 Å². The summed E-state index contributed by atoms with van der Waals surface area (Å²) < 4.78 is 28.3. The largest absolute Gasteiger partial charge is 0.331 e. The lowest BCUT2D eigenvalue weighted by molar-refractivity contribution is 0.0694. The molecule has 1 atom stereocenters. The summed E-state index contributed by atoms with van der Waals surface area (Å²) in [5, 5.41) is 0. The summed E-state index contributed by atoms with van der Waals surface area (Å²) in [4.78, 5) is 15.0. The molecule has 2 aliphatic heterocycles. The highest BCUT2D eigenvalue weighted by molar-refractivity contribution is 9.10. The topological polar surface area (TPSA) is 57.7 Å². The maximum absolute atomic E-state index is 13.0. The molecule has 0 radical (unpaired) electrons. The van der Waals surface area contributed by atoms with E-state index >= 15 is 0 Å². The molecule has 2 fully saturated rings. The van der Waals surface area contributed by atoms with Gasteiger partial charge in [0.1, 0.15) is 0 Å². The molecule has 0 aromatic heterocycles. The van der Waals surface area contributed by atoms with Gasteiger partial charge in [0.2, 0.25) is 10.0 Å². The summed E-state index contributed by atoms with van der Waals surface area (Å²) in [6, 6.07) is 3.65. The van der Waals surface area contributed by atoms with Gasteiger partial charge in [-0.2, -0.15) is 4.31 Å². The summed E-state index contributed by atoms with van der Waals surface area (Å²) in [5.74, 6) is 0.431. The van der Waals surface area contributed by atoms with Crippen LogP contribution in [0.25, 0.3) is 0 Å². The standard InChI is InChI=1S/C17H21BrN2O3S/c1-11(12-4-5-12)20-10-13-8-14(18)9-15(16(13)17(20)21)24(22,23)19-6-2-3-7-19/h8-9,11-12H,2-7,10H2,1H3/t11-/m0/s1. The van der Waals surface area contributed by atoms with E-state index in [0.29, 0.717) is 35.6 Å². The Labute approximate surface area is 151 Å². The predicted molar refractivity (Wildman–Crippen MR) is 94.2 cm³/mol. The smallest absolute Gasteiger partial charge is 0.256 e. The molecule has 0 N–H and O–H groups in total. The van der Waals surface area contributed by atoms with Crippen LogP contribution in [0.5, 0.6) is 0 Å². The molecule has 1 aromatic rings. The Morgan fingerprint density at radius 1 is 1.21 bits per heavy atom. The molecular formula is C17H21BrN2O3S. The minimum Gasteiger partial charge on any atom is -0.331 e. The monoisotopic (exact) mass is 412 g/mol. The Kier molecular flexibility index (Phi) is 4.01. The molecule has 3 aliphatic rings. The highest BCUT2D eigenvalue weighted by atomic mass is 79.9. The van der Waals surface area contributed by atoms with E-state index in [1.165, 1.54) is 4.31 Å². The number of fused-ring (bicyclic) bond motifs is 1.